The molecule has 0 amide bonds. The lowest BCUT2D eigenvalue weighted by Gasteiger charge is -2.32. The predicted octanol–water partition coefficient (Wildman–Crippen LogP) is 4.99. The van der Waals surface area contributed by atoms with E-state index in [1.165, 1.54) is 12.1 Å². The number of piperidine rings is 1. The Labute approximate surface area is 181 Å². The van der Waals surface area contributed by atoms with Crippen molar-refractivity contribution < 1.29 is 24.1 Å². The molecule has 2 atom stereocenters. The number of benzene rings is 3. The average molecular weight is 409 g/mol. The zero-order chi connectivity index (χ0) is 23.9. The first-order valence-electron chi connectivity index (χ1n) is 11.9. The fourth-order valence-corrected chi connectivity index (χ4v) is 3.77. The van der Waals surface area contributed by atoms with E-state index in [2.05, 4.69) is 5.32 Å². The molecule has 4 nitrogen and oxygen atoms in total. The molecule has 0 bridgehead atoms. The Hall–Kier alpha value is -3.05. The van der Waals surface area contributed by atoms with E-state index in [0.29, 0.717) is 17.2 Å². The summed E-state index contributed by atoms with van der Waals surface area (Å²) in [6.07, 6.45) is 0.0948. The largest absolute Gasteiger partial charge is 0.493 e. The van der Waals surface area contributed by atoms with Crippen LogP contribution in [0.2, 0.25) is 0 Å². The number of halogens is 1. The lowest BCUT2D eigenvalue weighted by atomic mass is 9.81. The highest BCUT2D eigenvalue weighted by Crippen LogP contribution is 2.36. The van der Waals surface area contributed by atoms with Gasteiger partial charge in [-0.15, -0.1) is 0 Å². The van der Waals surface area contributed by atoms with Crippen molar-refractivity contribution in [2.24, 2.45) is 5.92 Å². The highest BCUT2D eigenvalue weighted by Gasteiger charge is 2.27. The molecular formula is C25H24FNO3. The van der Waals surface area contributed by atoms with Gasteiger partial charge in [0.15, 0.2) is 11.5 Å². The van der Waals surface area contributed by atoms with Gasteiger partial charge in [0.2, 0.25) is 6.79 Å². The van der Waals surface area contributed by atoms with Gasteiger partial charge in [-0.1, -0.05) is 36.4 Å². The molecular weight excluding hydrogens is 381 g/mol. The molecule has 5 rings (SSSR count). The maximum atomic E-state index is 13.3. The summed E-state index contributed by atoms with van der Waals surface area (Å²) < 4.78 is 63.5. The summed E-state index contributed by atoms with van der Waals surface area (Å²) in [6.45, 7) is -3.68. The van der Waals surface area contributed by atoms with Crippen molar-refractivity contribution in [1.29, 1.82) is 0 Å². The third-order valence-corrected chi connectivity index (χ3v) is 5.44. The van der Waals surface area contributed by atoms with Crippen LogP contribution >= 0.6 is 0 Å². The quantitative estimate of drug-likeness (QED) is 0.644. The van der Waals surface area contributed by atoms with Crippen molar-refractivity contribution in [2.75, 3.05) is 26.4 Å². The zero-order valence-electron chi connectivity index (χ0n) is 20.2. The first-order valence-corrected chi connectivity index (χ1v) is 9.88. The van der Waals surface area contributed by atoms with Crippen molar-refractivity contribution >= 4 is 0 Å². The minimum absolute atomic E-state index is 0.0418. The van der Waals surface area contributed by atoms with Gasteiger partial charge in [-0.3, -0.25) is 0 Å². The molecule has 2 heterocycles. The molecule has 5 heteroatoms. The van der Waals surface area contributed by atoms with Crippen molar-refractivity contribution in [1.82, 2.24) is 5.32 Å². The maximum absolute atomic E-state index is 13.3. The number of rotatable bonds is 5. The highest BCUT2D eigenvalue weighted by molar-refractivity contribution is 5.63. The van der Waals surface area contributed by atoms with E-state index in [-0.39, 0.29) is 25.6 Å². The average Bonchev–Trinajstić information content (AvgIpc) is 3.25. The van der Waals surface area contributed by atoms with Crippen molar-refractivity contribution in [3.8, 4) is 28.4 Å². The number of nitrogens with one attached hydrogen (secondary N) is 1. The predicted molar refractivity (Wildman–Crippen MR) is 114 cm³/mol. The smallest absolute Gasteiger partial charge is 0.231 e. The van der Waals surface area contributed by atoms with Gasteiger partial charge in [0.1, 0.15) is 11.6 Å². The second-order valence-corrected chi connectivity index (χ2v) is 7.32. The molecule has 0 unspecified atom stereocenters. The van der Waals surface area contributed by atoms with E-state index in [4.69, 9.17) is 19.7 Å². The van der Waals surface area contributed by atoms with Crippen LogP contribution in [-0.4, -0.2) is 26.4 Å². The molecule has 1 saturated heterocycles. The molecule has 0 radical (unpaired) electrons. The SMILES string of the molecule is [2H]C1([2H])C[C@@H](c2ccc(-c3ccc(F)cc3)cc2)[C@H](COc2ccc3c(c2)OCO3)C([2H])([2H])N1. The van der Waals surface area contributed by atoms with Crippen molar-refractivity contribution in [3.05, 3.63) is 78.1 Å². The summed E-state index contributed by atoms with van der Waals surface area (Å²) >= 11 is 0. The standard InChI is InChI=1S/C25H24FNO3/c26-21-7-5-18(6-8-21)17-1-3-19(4-2-17)23-11-12-27-14-20(23)15-28-22-9-10-24-25(13-22)30-16-29-24/h1-10,13,20,23,27H,11-12,14-16H2/t20-,23-/m0/s1/i12D2,14D2. The van der Waals surface area contributed by atoms with E-state index >= 15 is 0 Å². The molecule has 0 aromatic heterocycles. The Balaban J connectivity index is 1.40. The number of ether oxygens (including phenoxy) is 3. The monoisotopic (exact) mass is 409 g/mol. The Kier molecular flexibility index (Phi) is 4.14. The molecule has 0 aliphatic carbocycles. The normalized spacial score (nSPS) is 25.5. The van der Waals surface area contributed by atoms with E-state index in [1.807, 2.05) is 24.3 Å². The van der Waals surface area contributed by atoms with Crippen LogP contribution in [0.4, 0.5) is 4.39 Å². The summed E-state index contributed by atoms with van der Waals surface area (Å²) in [6, 6.07) is 19.0. The van der Waals surface area contributed by atoms with Crippen molar-refractivity contribution in [3.63, 3.8) is 0 Å². The van der Waals surface area contributed by atoms with Crippen LogP contribution in [-0.2, 0) is 0 Å². The molecule has 2 aliphatic rings. The Morgan fingerprint density at radius 1 is 0.967 bits per heavy atom. The fourth-order valence-electron chi connectivity index (χ4n) is 3.77. The van der Waals surface area contributed by atoms with Gasteiger partial charge in [-0.05, 0) is 59.8 Å². The molecule has 1 fully saturated rings. The van der Waals surface area contributed by atoms with E-state index in [1.54, 1.807) is 30.3 Å². The van der Waals surface area contributed by atoms with Gasteiger partial charge in [0.05, 0.1) is 6.61 Å². The van der Waals surface area contributed by atoms with Gasteiger partial charge < -0.3 is 19.5 Å². The lowest BCUT2D eigenvalue weighted by molar-refractivity contribution is 0.173. The molecule has 0 saturated carbocycles. The van der Waals surface area contributed by atoms with Crippen LogP contribution in [0.3, 0.4) is 0 Å². The Bertz CT molecular complexity index is 1170. The van der Waals surface area contributed by atoms with Crippen LogP contribution in [0.25, 0.3) is 11.1 Å². The summed E-state index contributed by atoms with van der Waals surface area (Å²) in [7, 11) is 0. The number of fused-ring (bicyclic) bond motifs is 1. The lowest BCUT2D eigenvalue weighted by Crippen LogP contribution is -2.38. The first-order chi connectivity index (χ1) is 16.2. The molecule has 1 N–H and O–H groups in total. The summed E-state index contributed by atoms with van der Waals surface area (Å²) in [5, 5.41) is 2.51. The second-order valence-electron chi connectivity index (χ2n) is 7.32. The summed E-state index contributed by atoms with van der Waals surface area (Å²) in [5.41, 5.74) is 2.59. The van der Waals surface area contributed by atoms with Crippen LogP contribution in [0.15, 0.2) is 66.7 Å². The van der Waals surface area contributed by atoms with Gasteiger partial charge in [0, 0.05) is 24.0 Å². The molecule has 154 valence electrons. The zero-order valence-corrected chi connectivity index (χ0v) is 16.2. The van der Waals surface area contributed by atoms with Crippen LogP contribution in [0.5, 0.6) is 17.2 Å². The minimum Gasteiger partial charge on any atom is -0.493 e. The second kappa shape index (κ2) is 8.36. The Morgan fingerprint density at radius 2 is 1.70 bits per heavy atom. The number of hydrogen-bond acceptors (Lipinski definition) is 4. The summed E-state index contributed by atoms with van der Waals surface area (Å²) in [4.78, 5) is 0. The minimum atomic E-state index is -2.00. The maximum Gasteiger partial charge on any atom is 0.231 e. The van der Waals surface area contributed by atoms with Gasteiger partial charge in [-0.25, -0.2) is 4.39 Å². The molecule has 0 spiro atoms. The van der Waals surface area contributed by atoms with E-state index in [9.17, 15) is 4.39 Å². The van der Waals surface area contributed by atoms with Gasteiger partial charge >= 0.3 is 0 Å². The fraction of sp³-hybridized carbons (Fsp3) is 0.280. The highest BCUT2D eigenvalue weighted by atomic mass is 19.1. The molecule has 30 heavy (non-hydrogen) atoms. The molecule has 2 aliphatic heterocycles. The van der Waals surface area contributed by atoms with Crippen LogP contribution in [0.1, 0.15) is 23.4 Å². The van der Waals surface area contributed by atoms with E-state index < -0.39 is 24.8 Å². The van der Waals surface area contributed by atoms with Gasteiger partial charge in [0.25, 0.3) is 0 Å². The topological polar surface area (TPSA) is 39.7 Å². The molecule has 3 aromatic carbocycles. The third kappa shape index (κ3) is 3.98. The first kappa shape index (κ1) is 14.9. The van der Waals surface area contributed by atoms with Crippen LogP contribution in [0, 0.1) is 11.7 Å². The van der Waals surface area contributed by atoms with Crippen molar-refractivity contribution in [2.45, 2.75) is 12.3 Å². The summed E-state index contributed by atoms with van der Waals surface area (Å²) in [5.74, 6) is 0.353. The number of hydrogen-bond donors (Lipinski definition) is 1. The third-order valence-electron chi connectivity index (χ3n) is 5.44. The van der Waals surface area contributed by atoms with Crippen LogP contribution < -0.4 is 19.5 Å². The molecule has 3 aromatic rings. The van der Waals surface area contributed by atoms with Gasteiger partial charge in [-0.2, -0.15) is 0 Å². The Morgan fingerprint density at radius 3 is 2.50 bits per heavy atom. The van der Waals surface area contributed by atoms with E-state index in [0.717, 1.165) is 16.7 Å².